The number of hydrogen-bond acceptors (Lipinski definition) is 2. The summed E-state index contributed by atoms with van der Waals surface area (Å²) in [5.74, 6) is 0.0172. The molecule has 1 rings (SSSR count). The first-order valence-electron chi connectivity index (χ1n) is 6.57. The average molecular weight is 283 g/mol. The molecule has 5 heteroatoms. The summed E-state index contributed by atoms with van der Waals surface area (Å²) in [7, 11) is 0. The maximum absolute atomic E-state index is 13.0. The van der Waals surface area contributed by atoms with Crippen molar-refractivity contribution < 1.29 is 4.39 Å². The van der Waals surface area contributed by atoms with Crippen LogP contribution in [0.2, 0.25) is 0 Å². The molecule has 0 heterocycles. The van der Waals surface area contributed by atoms with Crippen molar-refractivity contribution in [1.29, 1.82) is 0 Å². The lowest BCUT2D eigenvalue weighted by Crippen LogP contribution is -2.32. The number of nitrogens with one attached hydrogen (secondary N) is 1. The van der Waals surface area contributed by atoms with Crippen molar-refractivity contribution in [3.05, 3.63) is 24.0 Å². The van der Waals surface area contributed by atoms with E-state index in [4.69, 9.17) is 5.73 Å². The molecule has 3 nitrogen and oxygen atoms in total. The standard InChI is InChI=1S/C14H22FN3S/c1-4-14(5-2,6-3)18-13(16)17-11-8-7-10(15)9-12(11)19/h7-9,19H,4-6H2,1-3H3,(H3,16,17,18). The van der Waals surface area contributed by atoms with E-state index in [0.717, 1.165) is 19.3 Å². The molecule has 1 aromatic carbocycles. The van der Waals surface area contributed by atoms with Gasteiger partial charge in [-0.1, -0.05) is 20.8 Å². The van der Waals surface area contributed by atoms with Crippen LogP contribution in [0.15, 0.2) is 28.1 Å². The first-order chi connectivity index (χ1) is 8.96. The molecule has 19 heavy (non-hydrogen) atoms. The highest BCUT2D eigenvalue weighted by Gasteiger charge is 2.23. The van der Waals surface area contributed by atoms with Crippen molar-refractivity contribution in [1.82, 2.24) is 0 Å². The molecule has 0 aromatic heterocycles. The molecule has 0 spiro atoms. The Bertz CT molecular complexity index is 448. The van der Waals surface area contributed by atoms with Crippen molar-refractivity contribution >= 4 is 24.3 Å². The fraction of sp³-hybridized carbons (Fsp3) is 0.500. The molecule has 1 aromatic rings. The normalized spacial score (nSPS) is 12.6. The third kappa shape index (κ3) is 4.13. The number of halogens is 1. The van der Waals surface area contributed by atoms with Crippen LogP contribution < -0.4 is 11.1 Å². The van der Waals surface area contributed by atoms with E-state index in [9.17, 15) is 4.39 Å². The highest BCUT2D eigenvalue weighted by molar-refractivity contribution is 7.80. The monoisotopic (exact) mass is 283 g/mol. The van der Waals surface area contributed by atoms with Gasteiger partial charge in [-0.05, 0) is 37.5 Å². The predicted octanol–water partition coefficient (Wildman–Crippen LogP) is 3.81. The summed E-state index contributed by atoms with van der Waals surface area (Å²) in [5.41, 5.74) is 6.46. The summed E-state index contributed by atoms with van der Waals surface area (Å²) < 4.78 is 13.0. The Labute approximate surface area is 119 Å². The topological polar surface area (TPSA) is 50.4 Å². The van der Waals surface area contributed by atoms with Gasteiger partial charge in [0, 0.05) is 4.90 Å². The van der Waals surface area contributed by atoms with Gasteiger partial charge in [0.15, 0.2) is 5.96 Å². The number of rotatable bonds is 5. The minimum Gasteiger partial charge on any atom is -0.370 e. The number of benzene rings is 1. The first kappa shape index (κ1) is 15.8. The van der Waals surface area contributed by atoms with E-state index in [0.29, 0.717) is 16.5 Å². The fourth-order valence-electron chi connectivity index (χ4n) is 2.02. The number of nitrogens with two attached hydrogens (primary N) is 1. The molecule has 106 valence electrons. The van der Waals surface area contributed by atoms with Gasteiger partial charge in [-0.15, -0.1) is 12.6 Å². The zero-order valence-electron chi connectivity index (χ0n) is 11.7. The maximum Gasteiger partial charge on any atom is 0.193 e. The van der Waals surface area contributed by atoms with Gasteiger partial charge in [-0.3, -0.25) is 0 Å². The maximum atomic E-state index is 13.0. The second-order valence-corrected chi connectivity index (χ2v) is 5.05. The van der Waals surface area contributed by atoms with Crippen LogP contribution in [-0.2, 0) is 0 Å². The Balaban J connectivity index is 2.92. The molecule has 0 aliphatic rings. The molecule has 0 bridgehead atoms. The van der Waals surface area contributed by atoms with E-state index < -0.39 is 0 Å². The molecule has 0 aliphatic carbocycles. The van der Waals surface area contributed by atoms with Gasteiger partial charge in [0.05, 0.1) is 11.2 Å². The zero-order valence-corrected chi connectivity index (χ0v) is 12.6. The summed E-state index contributed by atoms with van der Waals surface area (Å²) in [6, 6.07) is 4.30. The third-order valence-corrected chi connectivity index (χ3v) is 3.92. The van der Waals surface area contributed by atoms with Gasteiger partial charge in [0.1, 0.15) is 5.82 Å². The van der Waals surface area contributed by atoms with Crippen molar-refractivity contribution in [2.75, 3.05) is 5.32 Å². The van der Waals surface area contributed by atoms with Crippen LogP contribution in [0.25, 0.3) is 0 Å². The van der Waals surface area contributed by atoms with Gasteiger partial charge in [-0.25, -0.2) is 9.38 Å². The molecular weight excluding hydrogens is 261 g/mol. The van der Waals surface area contributed by atoms with Gasteiger partial charge in [-0.2, -0.15) is 0 Å². The van der Waals surface area contributed by atoms with Crippen LogP contribution in [0.3, 0.4) is 0 Å². The minimum absolute atomic E-state index is 0.131. The highest BCUT2D eigenvalue weighted by Crippen LogP contribution is 2.25. The second kappa shape index (κ2) is 6.80. The van der Waals surface area contributed by atoms with Gasteiger partial charge in [0.25, 0.3) is 0 Å². The number of thiol groups is 1. The van der Waals surface area contributed by atoms with Gasteiger partial charge in [0.2, 0.25) is 0 Å². The summed E-state index contributed by atoms with van der Waals surface area (Å²) in [6.45, 7) is 6.31. The molecular formula is C14H22FN3S. The Hall–Kier alpha value is -1.23. The molecule has 0 amide bonds. The van der Waals surface area contributed by atoms with Crippen LogP contribution in [0.1, 0.15) is 40.0 Å². The van der Waals surface area contributed by atoms with E-state index in [1.807, 2.05) is 0 Å². The summed E-state index contributed by atoms with van der Waals surface area (Å²) in [5, 5.41) is 2.98. The zero-order chi connectivity index (χ0) is 14.5. The van der Waals surface area contributed by atoms with Crippen molar-refractivity contribution in [3.63, 3.8) is 0 Å². The molecule has 0 saturated carbocycles. The fourth-order valence-corrected chi connectivity index (χ4v) is 2.27. The smallest absolute Gasteiger partial charge is 0.193 e. The molecule has 0 radical (unpaired) electrons. The lowest BCUT2D eigenvalue weighted by atomic mass is 9.91. The van der Waals surface area contributed by atoms with E-state index in [1.54, 1.807) is 6.07 Å². The number of guanidine groups is 1. The lowest BCUT2D eigenvalue weighted by Gasteiger charge is -2.26. The van der Waals surface area contributed by atoms with Crippen molar-refractivity contribution in [2.24, 2.45) is 10.7 Å². The molecule has 0 fully saturated rings. The number of anilines is 1. The molecule has 0 unspecified atom stereocenters. The Morgan fingerprint density at radius 2 is 1.89 bits per heavy atom. The van der Waals surface area contributed by atoms with E-state index in [1.165, 1.54) is 12.1 Å². The van der Waals surface area contributed by atoms with Crippen LogP contribution >= 0.6 is 12.6 Å². The van der Waals surface area contributed by atoms with Gasteiger partial charge < -0.3 is 11.1 Å². The van der Waals surface area contributed by atoms with Crippen LogP contribution in [0, 0.1) is 5.82 Å². The quantitative estimate of drug-likeness (QED) is 0.437. The van der Waals surface area contributed by atoms with Gasteiger partial charge >= 0.3 is 0 Å². The minimum atomic E-state index is -0.323. The van der Waals surface area contributed by atoms with E-state index >= 15 is 0 Å². The number of hydrogen-bond donors (Lipinski definition) is 3. The van der Waals surface area contributed by atoms with Crippen LogP contribution in [0.4, 0.5) is 10.1 Å². The Morgan fingerprint density at radius 1 is 1.32 bits per heavy atom. The molecule has 0 saturated heterocycles. The summed E-state index contributed by atoms with van der Waals surface area (Å²) in [6.07, 6.45) is 2.79. The van der Waals surface area contributed by atoms with Crippen molar-refractivity contribution in [3.8, 4) is 0 Å². The summed E-state index contributed by atoms with van der Waals surface area (Å²) >= 11 is 4.21. The summed E-state index contributed by atoms with van der Waals surface area (Å²) in [4.78, 5) is 5.09. The highest BCUT2D eigenvalue weighted by atomic mass is 32.1. The Morgan fingerprint density at radius 3 is 2.37 bits per heavy atom. The van der Waals surface area contributed by atoms with E-state index in [-0.39, 0.29) is 11.4 Å². The predicted molar refractivity (Wildman–Crippen MR) is 82.5 cm³/mol. The lowest BCUT2D eigenvalue weighted by molar-refractivity contribution is 0.386. The van der Waals surface area contributed by atoms with Crippen molar-refractivity contribution in [2.45, 2.75) is 50.5 Å². The van der Waals surface area contributed by atoms with E-state index in [2.05, 4.69) is 43.7 Å². The number of nitrogens with zero attached hydrogens (tertiary/aromatic N) is 1. The molecule has 0 atom stereocenters. The van der Waals surface area contributed by atoms with Crippen LogP contribution in [-0.4, -0.2) is 11.5 Å². The van der Waals surface area contributed by atoms with Crippen LogP contribution in [0.5, 0.6) is 0 Å². The number of aliphatic imine (C=N–C) groups is 1. The largest absolute Gasteiger partial charge is 0.370 e. The third-order valence-electron chi connectivity index (χ3n) is 3.55. The second-order valence-electron chi connectivity index (χ2n) is 4.57. The first-order valence-corrected chi connectivity index (χ1v) is 7.02. The Kier molecular flexibility index (Phi) is 5.66. The average Bonchev–Trinajstić information content (AvgIpc) is 2.39. The molecule has 3 N–H and O–H groups in total. The SMILES string of the molecule is CCC(CC)(CC)N=C(N)Nc1ccc(F)cc1S. The molecule has 0 aliphatic heterocycles.